The second kappa shape index (κ2) is 4.10. The molecule has 4 N–H and O–H groups in total. The van der Waals surface area contributed by atoms with Gasteiger partial charge in [-0.15, -0.1) is 11.3 Å². The van der Waals surface area contributed by atoms with Crippen molar-refractivity contribution >= 4 is 49.0 Å². The van der Waals surface area contributed by atoms with E-state index >= 15 is 0 Å². The van der Waals surface area contributed by atoms with Crippen molar-refractivity contribution in [3.05, 3.63) is 52.7 Å². The van der Waals surface area contributed by atoms with E-state index in [0.717, 1.165) is 15.0 Å². The van der Waals surface area contributed by atoms with Crippen LogP contribution in [0.2, 0.25) is 0 Å². The van der Waals surface area contributed by atoms with Crippen LogP contribution in [0, 0.1) is 0 Å². The molecule has 0 spiro atoms. The Labute approximate surface area is 113 Å². The van der Waals surface area contributed by atoms with E-state index in [2.05, 4.69) is 6.58 Å². The van der Waals surface area contributed by atoms with Crippen LogP contribution in [0.1, 0.15) is 5.56 Å². The maximum atomic E-state index is 12.6. The van der Waals surface area contributed by atoms with Gasteiger partial charge in [-0.3, -0.25) is 4.79 Å². The predicted octanol–water partition coefficient (Wildman–Crippen LogP) is 3.22. The van der Waals surface area contributed by atoms with Gasteiger partial charge in [0.05, 0.1) is 0 Å². The standard InChI is InChI=1S/C15H12N2OS/c1-2-8-5-10(17)7-13-14(8)15(18)11-4-3-9(16)6-12(11)19-13/h2-7H,1,16-17H2. The Bertz CT molecular complexity index is 881. The quantitative estimate of drug-likeness (QED) is 0.526. The molecule has 0 saturated heterocycles. The molecule has 2 aromatic carbocycles. The molecule has 1 aromatic heterocycles. The summed E-state index contributed by atoms with van der Waals surface area (Å²) in [5.41, 5.74) is 13.7. The molecule has 3 nitrogen and oxygen atoms in total. The first-order valence-corrected chi connectivity index (χ1v) is 6.60. The Balaban J connectivity index is 2.61. The summed E-state index contributed by atoms with van der Waals surface area (Å²) < 4.78 is 1.73. The fourth-order valence-electron chi connectivity index (χ4n) is 2.21. The molecule has 0 bridgehead atoms. The predicted molar refractivity (Wildman–Crippen MR) is 84.5 cm³/mol. The molecule has 3 aromatic rings. The van der Waals surface area contributed by atoms with Crippen LogP contribution in [0.25, 0.3) is 26.2 Å². The molecule has 0 atom stereocenters. The highest BCUT2D eigenvalue weighted by Crippen LogP contribution is 2.30. The largest absolute Gasteiger partial charge is 0.399 e. The minimum atomic E-state index is -0.00125. The number of nitrogens with two attached hydrogens (primary N) is 2. The van der Waals surface area contributed by atoms with Crippen molar-refractivity contribution in [2.75, 3.05) is 11.5 Å². The highest BCUT2D eigenvalue weighted by atomic mass is 32.1. The molecule has 0 unspecified atom stereocenters. The molecule has 4 heteroatoms. The van der Waals surface area contributed by atoms with Gasteiger partial charge in [0.2, 0.25) is 0 Å². The summed E-state index contributed by atoms with van der Waals surface area (Å²) in [4.78, 5) is 12.6. The fraction of sp³-hybridized carbons (Fsp3) is 0. The normalized spacial score (nSPS) is 10.9. The third-order valence-corrected chi connectivity index (χ3v) is 4.17. The van der Waals surface area contributed by atoms with Gasteiger partial charge in [-0.05, 0) is 35.9 Å². The molecule has 3 rings (SSSR count). The lowest BCUT2D eigenvalue weighted by molar-refractivity contribution is 1.69. The van der Waals surface area contributed by atoms with Crippen LogP contribution in [0.4, 0.5) is 11.4 Å². The van der Waals surface area contributed by atoms with Gasteiger partial charge in [-0.1, -0.05) is 12.7 Å². The first-order valence-electron chi connectivity index (χ1n) is 5.78. The second-order valence-corrected chi connectivity index (χ2v) is 5.46. The molecular weight excluding hydrogens is 256 g/mol. The smallest absolute Gasteiger partial charge is 0.196 e. The Morgan fingerprint density at radius 3 is 2.53 bits per heavy atom. The summed E-state index contributed by atoms with van der Waals surface area (Å²) in [6.45, 7) is 3.75. The van der Waals surface area contributed by atoms with E-state index in [0.29, 0.717) is 22.1 Å². The van der Waals surface area contributed by atoms with Crippen molar-refractivity contribution in [1.82, 2.24) is 0 Å². The number of hydrogen-bond donors (Lipinski definition) is 2. The fourth-order valence-corrected chi connectivity index (χ4v) is 3.42. The summed E-state index contributed by atoms with van der Waals surface area (Å²) in [5, 5.41) is 1.35. The van der Waals surface area contributed by atoms with Crippen LogP contribution in [0.15, 0.2) is 41.7 Å². The van der Waals surface area contributed by atoms with Crippen LogP contribution >= 0.6 is 11.3 Å². The Morgan fingerprint density at radius 2 is 1.79 bits per heavy atom. The van der Waals surface area contributed by atoms with Gasteiger partial charge < -0.3 is 11.5 Å². The minimum absolute atomic E-state index is 0.00125. The molecule has 0 fully saturated rings. The average molecular weight is 268 g/mol. The van der Waals surface area contributed by atoms with Crippen LogP contribution in [0.5, 0.6) is 0 Å². The third kappa shape index (κ3) is 1.77. The molecule has 0 amide bonds. The molecule has 0 aliphatic heterocycles. The second-order valence-electron chi connectivity index (χ2n) is 4.37. The van der Waals surface area contributed by atoms with E-state index in [1.54, 1.807) is 24.3 Å². The molecule has 0 aliphatic carbocycles. The SMILES string of the molecule is C=Cc1cc(N)cc2sc3cc(N)ccc3c(=O)c12. The zero-order chi connectivity index (χ0) is 13.6. The topological polar surface area (TPSA) is 69.1 Å². The number of rotatable bonds is 1. The van der Waals surface area contributed by atoms with E-state index < -0.39 is 0 Å². The zero-order valence-electron chi connectivity index (χ0n) is 10.1. The molecular formula is C15H12N2OS. The van der Waals surface area contributed by atoms with Crippen molar-refractivity contribution in [2.45, 2.75) is 0 Å². The van der Waals surface area contributed by atoms with Crippen molar-refractivity contribution < 1.29 is 0 Å². The average Bonchev–Trinajstić information content (AvgIpc) is 2.37. The summed E-state index contributed by atoms with van der Waals surface area (Å²) in [6.07, 6.45) is 1.66. The summed E-state index contributed by atoms with van der Waals surface area (Å²) in [5.74, 6) is 0. The van der Waals surface area contributed by atoms with Crippen molar-refractivity contribution in [2.24, 2.45) is 0 Å². The molecule has 1 heterocycles. The van der Waals surface area contributed by atoms with Gasteiger partial charge in [0, 0.05) is 31.5 Å². The van der Waals surface area contributed by atoms with Gasteiger partial charge in [0.25, 0.3) is 0 Å². The maximum absolute atomic E-state index is 12.6. The Hall–Kier alpha value is -2.33. The highest BCUT2D eigenvalue weighted by Gasteiger charge is 2.10. The van der Waals surface area contributed by atoms with Gasteiger partial charge in [0.15, 0.2) is 5.43 Å². The van der Waals surface area contributed by atoms with Crippen LogP contribution in [0.3, 0.4) is 0 Å². The molecule has 19 heavy (non-hydrogen) atoms. The van der Waals surface area contributed by atoms with Gasteiger partial charge in [-0.25, -0.2) is 0 Å². The monoisotopic (exact) mass is 268 g/mol. The van der Waals surface area contributed by atoms with Crippen molar-refractivity contribution in [3.63, 3.8) is 0 Å². The van der Waals surface area contributed by atoms with Crippen LogP contribution in [-0.2, 0) is 0 Å². The molecule has 94 valence electrons. The van der Waals surface area contributed by atoms with Gasteiger partial charge in [-0.2, -0.15) is 0 Å². The van der Waals surface area contributed by atoms with Gasteiger partial charge in [0.1, 0.15) is 0 Å². The van der Waals surface area contributed by atoms with E-state index in [1.807, 2.05) is 12.1 Å². The number of benzene rings is 2. The summed E-state index contributed by atoms with van der Waals surface area (Å²) in [6, 6.07) is 8.92. The first-order chi connectivity index (χ1) is 9.10. The highest BCUT2D eigenvalue weighted by molar-refractivity contribution is 7.24. The lowest BCUT2D eigenvalue weighted by atomic mass is 10.1. The number of fused-ring (bicyclic) bond motifs is 2. The molecule has 0 radical (unpaired) electrons. The Kier molecular flexibility index (Phi) is 2.54. The number of hydrogen-bond acceptors (Lipinski definition) is 4. The summed E-state index contributed by atoms with van der Waals surface area (Å²) >= 11 is 1.52. The van der Waals surface area contributed by atoms with Gasteiger partial charge >= 0.3 is 0 Å². The zero-order valence-corrected chi connectivity index (χ0v) is 11.0. The van der Waals surface area contributed by atoms with E-state index in [-0.39, 0.29) is 5.43 Å². The molecule has 0 saturated carbocycles. The minimum Gasteiger partial charge on any atom is -0.399 e. The van der Waals surface area contributed by atoms with E-state index in [9.17, 15) is 4.79 Å². The van der Waals surface area contributed by atoms with Crippen LogP contribution < -0.4 is 16.9 Å². The third-order valence-electron chi connectivity index (χ3n) is 3.07. The van der Waals surface area contributed by atoms with Crippen molar-refractivity contribution in [1.29, 1.82) is 0 Å². The lowest BCUT2D eigenvalue weighted by Gasteiger charge is -2.06. The number of anilines is 2. The van der Waals surface area contributed by atoms with Crippen LogP contribution in [-0.4, -0.2) is 0 Å². The first kappa shape index (κ1) is 11.7. The van der Waals surface area contributed by atoms with Crippen molar-refractivity contribution in [3.8, 4) is 0 Å². The van der Waals surface area contributed by atoms with E-state index in [4.69, 9.17) is 11.5 Å². The molecule has 0 aliphatic rings. The summed E-state index contributed by atoms with van der Waals surface area (Å²) in [7, 11) is 0. The van der Waals surface area contributed by atoms with E-state index in [1.165, 1.54) is 11.3 Å². The number of nitrogen functional groups attached to an aromatic ring is 2. The lowest BCUT2D eigenvalue weighted by Crippen LogP contribution is -2.04. The maximum Gasteiger partial charge on any atom is 0.196 e. The Morgan fingerprint density at radius 1 is 1.05 bits per heavy atom.